The zero-order valence-corrected chi connectivity index (χ0v) is 14.7. The van der Waals surface area contributed by atoms with Crippen molar-refractivity contribution >= 4 is 18.6 Å². The largest absolute Gasteiger partial charge is 0.462 e. The van der Waals surface area contributed by atoms with Gasteiger partial charge in [-0.25, -0.2) is 9.78 Å². The third-order valence-corrected chi connectivity index (χ3v) is 4.40. The van der Waals surface area contributed by atoms with Crippen LogP contribution in [-0.2, 0) is 11.8 Å². The number of carbonyl (C=O) groups is 1. The molecule has 0 unspecified atom stereocenters. The van der Waals surface area contributed by atoms with Crippen LogP contribution in [0.5, 0.6) is 0 Å². The van der Waals surface area contributed by atoms with E-state index in [2.05, 4.69) is 21.5 Å². The summed E-state index contributed by atoms with van der Waals surface area (Å²) in [7, 11) is 1.86. The van der Waals surface area contributed by atoms with Crippen LogP contribution in [0.25, 0.3) is 24.0 Å². The normalized spacial score (nSPS) is 12.1. The molecule has 0 spiro atoms. The van der Waals surface area contributed by atoms with Gasteiger partial charge in [0.05, 0.1) is 17.4 Å². The molecule has 3 heterocycles. The molecule has 0 fully saturated rings. The molecule has 7 nitrogen and oxygen atoms in total. The molecule has 0 aromatic carbocycles. The molecule has 1 aromatic rings. The third kappa shape index (κ3) is 2.67. The van der Waals surface area contributed by atoms with Crippen LogP contribution in [0.3, 0.4) is 0 Å². The number of nitrogens with zero attached hydrogens (tertiary/aromatic N) is 2. The van der Waals surface area contributed by atoms with Crippen LogP contribution in [0.15, 0.2) is 11.0 Å². The zero-order valence-electron chi connectivity index (χ0n) is 14.7. The van der Waals surface area contributed by atoms with Gasteiger partial charge in [0.1, 0.15) is 11.3 Å². The van der Waals surface area contributed by atoms with Crippen LogP contribution in [0.2, 0.25) is 0 Å². The Bertz CT molecular complexity index is 1100. The van der Waals surface area contributed by atoms with Crippen LogP contribution in [0, 0.1) is 13.8 Å². The average Bonchev–Trinajstić information content (AvgIpc) is 2.96. The van der Waals surface area contributed by atoms with Gasteiger partial charge in [-0.05, 0) is 32.4 Å². The van der Waals surface area contributed by atoms with Crippen molar-refractivity contribution in [2.24, 2.45) is 7.05 Å². The predicted octanol–water partition coefficient (Wildman–Crippen LogP) is 0.574. The van der Waals surface area contributed by atoms with Crippen molar-refractivity contribution in [2.75, 3.05) is 6.61 Å². The molecule has 0 bridgehead atoms. The smallest absolute Gasteiger partial charge is 0.340 e. The number of esters is 1. The lowest BCUT2D eigenvalue weighted by molar-refractivity contribution is 0.0524. The Labute approximate surface area is 144 Å². The topological polar surface area (TPSA) is 92.8 Å². The van der Waals surface area contributed by atoms with E-state index in [1.54, 1.807) is 19.2 Å². The van der Waals surface area contributed by atoms with Crippen LogP contribution >= 0.6 is 0 Å². The summed E-state index contributed by atoms with van der Waals surface area (Å²) >= 11 is 0. The van der Waals surface area contributed by atoms with E-state index in [0.717, 1.165) is 17.0 Å². The molecule has 2 aliphatic heterocycles. The summed E-state index contributed by atoms with van der Waals surface area (Å²) in [5.41, 5.74) is 3.78. The second-order valence-corrected chi connectivity index (χ2v) is 5.87. The maximum Gasteiger partial charge on any atom is 0.340 e. The van der Waals surface area contributed by atoms with Crippen molar-refractivity contribution in [3.05, 3.63) is 49.8 Å². The summed E-state index contributed by atoms with van der Waals surface area (Å²) in [4.78, 5) is 34.4. The Balaban J connectivity index is 2.26. The molecule has 1 aromatic heterocycles. The number of hydrogen-bond acceptors (Lipinski definition) is 4. The summed E-state index contributed by atoms with van der Waals surface area (Å²) in [5.74, 6) is 0.125. The molecule has 0 atom stereocenters. The van der Waals surface area contributed by atoms with Gasteiger partial charge >= 0.3 is 5.97 Å². The number of aromatic nitrogens is 4. The predicted molar refractivity (Wildman–Crippen MR) is 95.0 cm³/mol. The minimum atomic E-state index is -0.356. The number of nitrogens with one attached hydrogen (secondary N) is 2. The molecule has 130 valence electrons. The molecule has 2 N–H and O–H groups in total. The van der Waals surface area contributed by atoms with Crippen LogP contribution in [0.1, 0.15) is 34.2 Å². The second kappa shape index (κ2) is 6.08. The summed E-state index contributed by atoms with van der Waals surface area (Å²) in [6, 6.07) is 0. The first-order chi connectivity index (χ1) is 11.8. The van der Waals surface area contributed by atoms with Gasteiger partial charge < -0.3 is 19.3 Å². The first-order valence-corrected chi connectivity index (χ1v) is 7.96. The van der Waals surface area contributed by atoms with Gasteiger partial charge in [0.15, 0.2) is 0 Å². The number of aromatic amines is 2. The highest BCUT2D eigenvalue weighted by atomic mass is 16.5. The van der Waals surface area contributed by atoms with Crippen molar-refractivity contribution in [2.45, 2.75) is 20.8 Å². The number of ether oxygens (including phenoxy) is 1. The van der Waals surface area contributed by atoms with Crippen LogP contribution < -0.4 is 16.3 Å². The zero-order chi connectivity index (χ0) is 18.3. The molecule has 0 saturated carbocycles. The summed E-state index contributed by atoms with van der Waals surface area (Å²) < 4.78 is 7.03. The van der Waals surface area contributed by atoms with E-state index in [-0.39, 0.29) is 11.5 Å². The van der Waals surface area contributed by atoms with Gasteiger partial charge in [0, 0.05) is 30.2 Å². The molecular weight excluding hydrogens is 320 g/mol. The van der Waals surface area contributed by atoms with E-state index in [1.165, 1.54) is 0 Å². The lowest BCUT2D eigenvalue weighted by Crippen LogP contribution is -2.22. The number of rotatable bonds is 3. The molecule has 7 heteroatoms. The highest BCUT2D eigenvalue weighted by Crippen LogP contribution is 2.23. The van der Waals surface area contributed by atoms with Crippen LogP contribution in [0.4, 0.5) is 0 Å². The third-order valence-electron chi connectivity index (χ3n) is 4.40. The minimum Gasteiger partial charge on any atom is -0.462 e. The highest BCUT2D eigenvalue weighted by Gasteiger charge is 2.21. The monoisotopic (exact) mass is 340 g/mol. The maximum atomic E-state index is 12.3. The lowest BCUT2D eigenvalue weighted by Gasteiger charge is -2.02. The Morgan fingerprint density at radius 3 is 2.84 bits per heavy atom. The van der Waals surface area contributed by atoms with Crippen LogP contribution in [-0.4, -0.2) is 32.1 Å². The van der Waals surface area contributed by atoms with Gasteiger partial charge in [-0.3, -0.25) is 4.79 Å². The second-order valence-electron chi connectivity index (χ2n) is 5.87. The van der Waals surface area contributed by atoms with Crippen molar-refractivity contribution < 1.29 is 9.53 Å². The molecule has 2 aliphatic rings. The molecule has 0 radical (unpaired) electrons. The first-order valence-electron chi connectivity index (χ1n) is 7.96. The quantitative estimate of drug-likeness (QED) is 0.682. The summed E-state index contributed by atoms with van der Waals surface area (Å²) in [5, 5.41) is 0.484. The van der Waals surface area contributed by atoms with Crippen molar-refractivity contribution in [1.82, 2.24) is 19.5 Å². The number of H-pyrrole nitrogens is 2. The van der Waals surface area contributed by atoms with E-state index < -0.39 is 0 Å². The summed E-state index contributed by atoms with van der Waals surface area (Å²) in [6.45, 7) is 9.51. The fourth-order valence-corrected chi connectivity index (χ4v) is 3.04. The molecule has 3 rings (SSSR count). The molecule has 0 amide bonds. The Morgan fingerprint density at radius 2 is 2.16 bits per heavy atom. The Hall–Kier alpha value is -3.09. The standard InChI is InChI=1S/C18H20N4O3/c1-6-25-18(24)15-9(2)14(22(5)10(15)3)7-12-13-8-19-11(4)20-16(13)21-17(12)23/h7-8,19H,4,6H2,1-3,5H3,(H,20,21,23). The summed E-state index contributed by atoms with van der Waals surface area (Å²) in [6.07, 6.45) is 3.47. The van der Waals surface area contributed by atoms with Gasteiger partial charge in [-0.15, -0.1) is 0 Å². The fourth-order valence-electron chi connectivity index (χ4n) is 3.04. The Morgan fingerprint density at radius 1 is 1.44 bits per heavy atom. The first kappa shape index (κ1) is 16.8. The lowest BCUT2D eigenvalue weighted by atomic mass is 10.1. The van der Waals surface area contributed by atoms with E-state index in [0.29, 0.717) is 34.3 Å². The maximum absolute atomic E-state index is 12.3. The fraction of sp³-hybridized carbons (Fsp3) is 0.278. The van der Waals surface area contributed by atoms with Gasteiger partial charge in [0.25, 0.3) is 5.56 Å². The Kier molecular flexibility index (Phi) is 4.08. The van der Waals surface area contributed by atoms with E-state index in [1.807, 2.05) is 25.5 Å². The molecule has 0 saturated heterocycles. The highest BCUT2D eigenvalue weighted by molar-refractivity contribution is 5.93. The number of fused-ring (bicyclic) bond motifs is 1. The molecule has 25 heavy (non-hydrogen) atoms. The van der Waals surface area contributed by atoms with Gasteiger partial charge in [0.2, 0.25) is 0 Å². The average molecular weight is 340 g/mol. The minimum absolute atomic E-state index is 0.238. The molecule has 0 aliphatic carbocycles. The number of carbonyl (C=O) groups excluding carboxylic acids is 1. The van der Waals surface area contributed by atoms with Crippen molar-refractivity contribution in [3.63, 3.8) is 0 Å². The number of hydrogen-bond donors (Lipinski definition) is 2. The van der Waals surface area contributed by atoms with Crippen molar-refractivity contribution in [1.29, 1.82) is 0 Å². The SMILES string of the molecule is C=c1nc2[nH]c(=O)c(=Cc3c(C)c(C(=O)OCC)c(C)n3C)c-2c[nH]1. The van der Waals surface area contributed by atoms with E-state index in [9.17, 15) is 9.59 Å². The molecular formula is C18H20N4O3. The van der Waals surface area contributed by atoms with E-state index in [4.69, 9.17) is 4.74 Å². The van der Waals surface area contributed by atoms with Gasteiger partial charge in [-0.1, -0.05) is 6.58 Å². The van der Waals surface area contributed by atoms with E-state index >= 15 is 0 Å². The van der Waals surface area contributed by atoms with Gasteiger partial charge in [-0.2, -0.15) is 0 Å². The van der Waals surface area contributed by atoms with Crippen molar-refractivity contribution in [3.8, 4) is 11.4 Å².